The summed E-state index contributed by atoms with van der Waals surface area (Å²) in [5, 5.41) is 9.55. The van der Waals surface area contributed by atoms with Crippen molar-refractivity contribution in [3.8, 4) is 16.2 Å². The molecule has 0 radical (unpaired) electrons. The number of hydrogen-bond donors (Lipinski definition) is 1. The average Bonchev–Trinajstić information content (AvgIpc) is 2.79. The summed E-state index contributed by atoms with van der Waals surface area (Å²) in [6, 6.07) is 1.11. The number of carboxylic acid groups (broad SMARTS) is 1. The highest BCUT2D eigenvalue weighted by molar-refractivity contribution is 7.15. The lowest BCUT2D eigenvalue weighted by Gasteiger charge is -2.11. The maximum absolute atomic E-state index is 12.7. The van der Waals surface area contributed by atoms with Crippen LogP contribution in [0.25, 0.3) is 10.4 Å². The lowest BCUT2D eigenvalue weighted by Crippen LogP contribution is -2.10. The maximum Gasteiger partial charge on any atom is 0.437 e. The van der Waals surface area contributed by atoms with Crippen molar-refractivity contribution in [1.29, 1.82) is 0 Å². The predicted octanol–water partition coefficient (Wildman–Crippen LogP) is 3.24. The number of aromatic carboxylic acids is 1. The standard InChI is InChI=1S/C12H9F3N2O3S/c1-5-17-8(11(18)19)9(21-5)6-3-7(20-2)10(16-4-6)12(13,14)15/h3-4H,1-2H3,(H,18,19). The zero-order chi connectivity index (χ0) is 15.8. The van der Waals surface area contributed by atoms with Gasteiger partial charge in [0.05, 0.1) is 17.0 Å². The van der Waals surface area contributed by atoms with E-state index < -0.39 is 23.6 Å². The highest BCUT2D eigenvalue weighted by Crippen LogP contribution is 2.38. The number of carbonyl (C=O) groups is 1. The Labute approximate surface area is 121 Å². The molecule has 1 N–H and O–H groups in total. The Morgan fingerprint density at radius 3 is 2.62 bits per heavy atom. The largest absolute Gasteiger partial charge is 0.494 e. The van der Waals surface area contributed by atoms with Gasteiger partial charge >= 0.3 is 12.1 Å². The molecule has 2 aromatic rings. The number of aromatic nitrogens is 2. The first-order valence-electron chi connectivity index (χ1n) is 5.56. The quantitative estimate of drug-likeness (QED) is 0.940. The van der Waals surface area contributed by atoms with Crippen molar-refractivity contribution in [3.05, 3.63) is 28.7 Å². The van der Waals surface area contributed by atoms with Gasteiger partial charge in [-0.25, -0.2) is 14.8 Å². The van der Waals surface area contributed by atoms with E-state index in [2.05, 4.69) is 9.97 Å². The molecule has 0 bridgehead atoms. The van der Waals surface area contributed by atoms with Gasteiger partial charge in [0.2, 0.25) is 0 Å². The van der Waals surface area contributed by atoms with Crippen LogP contribution >= 0.6 is 11.3 Å². The third-order valence-electron chi connectivity index (χ3n) is 2.54. The van der Waals surface area contributed by atoms with E-state index in [0.717, 1.165) is 30.7 Å². The zero-order valence-corrected chi connectivity index (χ0v) is 11.7. The Hall–Kier alpha value is -2.16. The molecule has 112 valence electrons. The molecule has 0 aliphatic rings. The van der Waals surface area contributed by atoms with E-state index in [1.165, 1.54) is 0 Å². The highest BCUT2D eigenvalue weighted by atomic mass is 32.1. The van der Waals surface area contributed by atoms with Crippen molar-refractivity contribution in [3.63, 3.8) is 0 Å². The lowest BCUT2D eigenvalue weighted by molar-refractivity contribution is -0.142. The number of aryl methyl sites for hydroxylation is 1. The lowest BCUT2D eigenvalue weighted by atomic mass is 10.1. The van der Waals surface area contributed by atoms with Crippen molar-refractivity contribution in [2.45, 2.75) is 13.1 Å². The molecule has 2 aromatic heterocycles. The molecule has 0 fully saturated rings. The van der Waals surface area contributed by atoms with Gasteiger partial charge in [-0.2, -0.15) is 13.2 Å². The van der Waals surface area contributed by atoms with Crippen LogP contribution in [0.5, 0.6) is 5.75 Å². The fourth-order valence-corrected chi connectivity index (χ4v) is 2.60. The summed E-state index contributed by atoms with van der Waals surface area (Å²) in [5.74, 6) is -1.73. The van der Waals surface area contributed by atoms with Crippen molar-refractivity contribution >= 4 is 17.3 Å². The smallest absolute Gasteiger partial charge is 0.437 e. The molecule has 0 aromatic carbocycles. The molecular formula is C12H9F3N2O3S. The summed E-state index contributed by atoms with van der Waals surface area (Å²) in [6.07, 6.45) is -3.69. The summed E-state index contributed by atoms with van der Waals surface area (Å²) in [4.78, 5) is 18.5. The van der Waals surface area contributed by atoms with Gasteiger partial charge in [0.15, 0.2) is 11.4 Å². The second-order valence-electron chi connectivity index (χ2n) is 3.99. The molecule has 0 unspecified atom stereocenters. The van der Waals surface area contributed by atoms with E-state index in [0.29, 0.717) is 5.01 Å². The molecule has 2 heterocycles. The molecule has 0 saturated carbocycles. The predicted molar refractivity (Wildman–Crippen MR) is 68.6 cm³/mol. The van der Waals surface area contributed by atoms with Crippen LogP contribution in [0.15, 0.2) is 12.3 Å². The van der Waals surface area contributed by atoms with Gasteiger partial charge in [-0.1, -0.05) is 0 Å². The van der Waals surface area contributed by atoms with Crippen LogP contribution < -0.4 is 4.74 Å². The van der Waals surface area contributed by atoms with E-state index in [9.17, 15) is 18.0 Å². The fourth-order valence-electron chi connectivity index (χ4n) is 1.70. The van der Waals surface area contributed by atoms with Gasteiger partial charge in [-0.05, 0) is 13.0 Å². The molecule has 0 aliphatic carbocycles. The topological polar surface area (TPSA) is 72.3 Å². The van der Waals surface area contributed by atoms with Crippen LogP contribution in [0.1, 0.15) is 21.2 Å². The van der Waals surface area contributed by atoms with E-state index in [1.54, 1.807) is 6.92 Å². The van der Waals surface area contributed by atoms with E-state index in [1.807, 2.05) is 0 Å². The third kappa shape index (κ3) is 2.97. The minimum absolute atomic E-state index is 0.211. The van der Waals surface area contributed by atoms with Crippen molar-refractivity contribution in [2.24, 2.45) is 0 Å². The first kappa shape index (κ1) is 15.2. The Morgan fingerprint density at radius 2 is 2.10 bits per heavy atom. The SMILES string of the molecule is COc1cc(-c2sc(C)nc2C(=O)O)cnc1C(F)(F)F. The number of rotatable bonds is 3. The Bertz CT molecular complexity index is 698. The zero-order valence-electron chi connectivity index (χ0n) is 10.9. The average molecular weight is 318 g/mol. The van der Waals surface area contributed by atoms with Crippen LogP contribution in [-0.4, -0.2) is 28.2 Å². The summed E-state index contributed by atoms with van der Waals surface area (Å²) < 4.78 is 42.9. The number of methoxy groups -OCH3 is 1. The number of halogens is 3. The van der Waals surface area contributed by atoms with E-state index in [4.69, 9.17) is 9.84 Å². The van der Waals surface area contributed by atoms with Crippen LogP contribution in [0, 0.1) is 6.92 Å². The molecule has 5 nitrogen and oxygen atoms in total. The molecule has 21 heavy (non-hydrogen) atoms. The minimum atomic E-state index is -4.65. The van der Waals surface area contributed by atoms with Gasteiger partial charge in [0.25, 0.3) is 0 Å². The number of pyridine rings is 1. The third-order valence-corrected chi connectivity index (χ3v) is 3.56. The van der Waals surface area contributed by atoms with Crippen LogP contribution in [-0.2, 0) is 6.18 Å². The first-order chi connectivity index (χ1) is 9.74. The van der Waals surface area contributed by atoms with Gasteiger partial charge in [-0.3, -0.25) is 0 Å². The van der Waals surface area contributed by atoms with E-state index >= 15 is 0 Å². The van der Waals surface area contributed by atoms with Crippen molar-refractivity contribution in [2.75, 3.05) is 7.11 Å². The number of nitrogens with zero attached hydrogens (tertiary/aromatic N) is 2. The molecule has 0 aliphatic heterocycles. The molecule has 2 rings (SSSR count). The monoisotopic (exact) mass is 318 g/mol. The Kier molecular flexibility index (Phi) is 3.86. The molecule has 0 saturated heterocycles. The van der Waals surface area contributed by atoms with Crippen LogP contribution in [0.4, 0.5) is 13.2 Å². The van der Waals surface area contributed by atoms with Gasteiger partial charge in [0.1, 0.15) is 5.75 Å². The van der Waals surface area contributed by atoms with Crippen molar-refractivity contribution in [1.82, 2.24) is 9.97 Å². The Balaban J connectivity index is 2.59. The summed E-state index contributed by atoms with van der Waals surface area (Å²) >= 11 is 1.06. The molecule has 0 amide bonds. The number of carboxylic acids is 1. The van der Waals surface area contributed by atoms with Gasteiger partial charge in [-0.15, -0.1) is 11.3 Å². The minimum Gasteiger partial charge on any atom is -0.494 e. The van der Waals surface area contributed by atoms with Crippen molar-refractivity contribution < 1.29 is 27.8 Å². The second kappa shape index (κ2) is 5.32. The molecular weight excluding hydrogens is 309 g/mol. The van der Waals surface area contributed by atoms with Gasteiger partial charge in [0, 0.05) is 11.8 Å². The normalized spacial score (nSPS) is 11.5. The first-order valence-corrected chi connectivity index (χ1v) is 6.38. The number of hydrogen-bond acceptors (Lipinski definition) is 5. The number of ether oxygens (including phenoxy) is 1. The summed E-state index contributed by atoms with van der Waals surface area (Å²) in [7, 11) is 1.09. The second-order valence-corrected chi connectivity index (χ2v) is 5.19. The summed E-state index contributed by atoms with van der Waals surface area (Å²) in [5.41, 5.74) is -1.17. The number of thiazole rings is 1. The molecule has 0 atom stereocenters. The Morgan fingerprint density at radius 1 is 1.43 bits per heavy atom. The fraction of sp³-hybridized carbons (Fsp3) is 0.250. The van der Waals surface area contributed by atoms with Crippen LogP contribution in [0.3, 0.4) is 0 Å². The highest BCUT2D eigenvalue weighted by Gasteiger charge is 2.36. The summed E-state index contributed by atoms with van der Waals surface area (Å²) in [6.45, 7) is 1.61. The van der Waals surface area contributed by atoms with Gasteiger partial charge < -0.3 is 9.84 Å². The maximum atomic E-state index is 12.7. The number of alkyl halides is 3. The van der Waals surface area contributed by atoms with Crippen LogP contribution in [0.2, 0.25) is 0 Å². The van der Waals surface area contributed by atoms with E-state index in [-0.39, 0.29) is 16.1 Å². The molecule has 9 heteroatoms. The molecule has 0 spiro atoms.